The van der Waals surface area contributed by atoms with Gasteiger partial charge >= 0.3 is 0 Å². The van der Waals surface area contributed by atoms with Gasteiger partial charge in [0.15, 0.2) is 0 Å². The van der Waals surface area contributed by atoms with E-state index < -0.39 is 10.0 Å². The summed E-state index contributed by atoms with van der Waals surface area (Å²) in [6.07, 6.45) is 3.67. The highest BCUT2D eigenvalue weighted by atomic mass is 32.2. The number of rotatable bonds is 6. The van der Waals surface area contributed by atoms with Gasteiger partial charge in [-0.1, -0.05) is 12.1 Å². The van der Waals surface area contributed by atoms with Gasteiger partial charge in [0.1, 0.15) is 5.82 Å². The number of halogens is 1. The van der Waals surface area contributed by atoms with Crippen molar-refractivity contribution < 1.29 is 12.8 Å². The molecule has 2 aromatic rings. The number of hydrogen-bond acceptors (Lipinski definition) is 4. The monoisotopic (exact) mass is 352 g/mol. The van der Waals surface area contributed by atoms with Gasteiger partial charge < -0.3 is 0 Å². The standard InChI is InChI=1S/C16H21FN4O2S/c17-16-4-2-15(3-5-16)14-24(22,23)21-12-9-19(10-13-21)8-11-20-7-1-6-18-20/h1-7H,8-14H2. The Labute approximate surface area is 141 Å². The van der Waals surface area contributed by atoms with Crippen molar-refractivity contribution in [1.82, 2.24) is 19.0 Å². The smallest absolute Gasteiger partial charge is 0.218 e. The Morgan fingerprint density at radius 3 is 2.38 bits per heavy atom. The molecule has 0 aliphatic carbocycles. The third-order valence-electron chi connectivity index (χ3n) is 4.19. The predicted octanol–water partition coefficient (Wildman–Crippen LogP) is 1.17. The molecule has 6 nitrogen and oxygen atoms in total. The van der Waals surface area contributed by atoms with Gasteiger partial charge in [0.05, 0.1) is 12.3 Å². The summed E-state index contributed by atoms with van der Waals surface area (Å²) in [6, 6.07) is 7.51. The zero-order valence-corrected chi connectivity index (χ0v) is 14.2. The van der Waals surface area contributed by atoms with Gasteiger partial charge in [-0.15, -0.1) is 0 Å². The van der Waals surface area contributed by atoms with Gasteiger partial charge in [-0.3, -0.25) is 9.58 Å². The molecule has 0 atom stereocenters. The first-order chi connectivity index (χ1) is 11.5. The molecule has 8 heteroatoms. The third kappa shape index (κ3) is 4.40. The Kier molecular flexibility index (Phi) is 5.27. The van der Waals surface area contributed by atoms with Crippen molar-refractivity contribution in [1.29, 1.82) is 0 Å². The minimum atomic E-state index is -3.36. The van der Waals surface area contributed by atoms with Gasteiger partial charge in [-0.2, -0.15) is 9.40 Å². The van der Waals surface area contributed by atoms with Crippen LogP contribution in [0.25, 0.3) is 0 Å². The van der Waals surface area contributed by atoms with Crippen LogP contribution >= 0.6 is 0 Å². The quantitative estimate of drug-likeness (QED) is 0.783. The van der Waals surface area contributed by atoms with Crippen LogP contribution in [0.5, 0.6) is 0 Å². The van der Waals surface area contributed by atoms with Crippen LogP contribution in [0.3, 0.4) is 0 Å². The molecule has 2 heterocycles. The molecule has 1 saturated heterocycles. The van der Waals surface area contributed by atoms with Gasteiger partial charge in [0.2, 0.25) is 10.0 Å². The van der Waals surface area contributed by atoms with E-state index in [1.165, 1.54) is 28.6 Å². The number of hydrogen-bond donors (Lipinski definition) is 0. The molecule has 1 fully saturated rings. The summed E-state index contributed by atoms with van der Waals surface area (Å²) in [5.74, 6) is -0.442. The van der Waals surface area contributed by atoms with E-state index in [1.54, 1.807) is 6.20 Å². The third-order valence-corrected chi connectivity index (χ3v) is 6.04. The summed E-state index contributed by atoms with van der Waals surface area (Å²) in [5.41, 5.74) is 0.609. The summed E-state index contributed by atoms with van der Waals surface area (Å²) in [6.45, 7) is 4.06. The molecule has 0 spiro atoms. The predicted molar refractivity (Wildman–Crippen MR) is 89.3 cm³/mol. The lowest BCUT2D eigenvalue weighted by molar-refractivity contribution is 0.181. The summed E-state index contributed by atoms with van der Waals surface area (Å²) in [4.78, 5) is 2.24. The number of aromatic nitrogens is 2. The van der Waals surface area contributed by atoms with E-state index in [2.05, 4.69) is 10.00 Å². The van der Waals surface area contributed by atoms with Gasteiger partial charge in [0.25, 0.3) is 0 Å². The molecule has 130 valence electrons. The number of piperazine rings is 1. The van der Waals surface area contributed by atoms with Crippen LogP contribution in [0.2, 0.25) is 0 Å². The van der Waals surface area contributed by atoms with E-state index in [0.717, 1.165) is 13.1 Å². The fraction of sp³-hybridized carbons (Fsp3) is 0.438. The summed E-state index contributed by atoms with van der Waals surface area (Å²) in [5, 5.41) is 4.16. The lowest BCUT2D eigenvalue weighted by atomic mass is 10.2. The van der Waals surface area contributed by atoms with Crippen molar-refractivity contribution in [2.45, 2.75) is 12.3 Å². The first-order valence-corrected chi connectivity index (χ1v) is 9.56. The maximum atomic E-state index is 12.9. The fourth-order valence-corrected chi connectivity index (χ4v) is 4.31. The lowest BCUT2D eigenvalue weighted by Crippen LogP contribution is -2.49. The Hall–Kier alpha value is -1.77. The average molecular weight is 352 g/mol. The Morgan fingerprint density at radius 1 is 1.04 bits per heavy atom. The second-order valence-corrected chi connectivity index (χ2v) is 7.86. The van der Waals surface area contributed by atoms with Crippen LogP contribution in [0, 0.1) is 5.82 Å². The van der Waals surface area contributed by atoms with Crippen molar-refractivity contribution in [2.75, 3.05) is 32.7 Å². The molecule has 1 aliphatic rings. The number of sulfonamides is 1. The maximum Gasteiger partial charge on any atom is 0.218 e. The molecule has 1 aromatic heterocycles. The van der Waals surface area contributed by atoms with Crippen LogP contribution < -0.4 is 0 Å². The molecular weight excluding hydrogens is 331 g/mol. The normalized spacial score (nSPS) is 17.2. The first kappa shape index (κ1) is 17.1. The zero-order valence-electron chi connectivity index (χ0n) is 13.4. The largest absolute Gasteiger partial charge is 0.299 e. The molecule has 0 amide bonds. The Balaban J connectivity index is 1.50. The molecule has 1 aromatic carbocycles. The fourth-order valence-electron chi connectivity index (χ4n) is 2.79. The van der Waals surface area contributed by atoms with Crippen LogP contribution in [0.15, 0.2) is 42.7 Å². The number of nitrogens with zero attached hydrogens (tertiary/aromatic N) is 4. The van der Waals surface area contributed by atoms with Gasteiger partial charge in [-0.25, -0.2) is 12.8 Å². The molecule has 0 N–H and O–H groups in total. The van der Waals surface area contributed by atoms with Crippen molar-refractivity contribution in [2.24, 2.45) is 0 Å². The molecule has 3 rings (SSSR count). The minimum Gasteiger partial charge on any atom is -0.299 e. The van der Waals surface area contributed by atoms with E-state index >= 15 is 0 Å². The minimum absolute atomic E-state index is 0.0828. The van der Waals surface area contributed by atoms with Crippen LogP contribution in [0.1, 0.15) is 5.56 Å². The lowest BCUT2D eigenvalue weighted by Gasteiger charge is -2.33. The van der Waals surface area contributed by atoms with Crippen LogP contribution in [-0.2, 0) is 22.3 Å². The summed E-state index contributed by atoms with van der Waals surface area (Å²) < 4.78 is 41.3. The zero-order chi connectivity index (χ0) is 17.0. The Bertz CT molecular complexity index is 739. The maximum absolute atomic E-state index is 12.9. The summed E-state index contributed by atoms with van der Waals surface area (Å²) in [7, 11) is -3.36. The van der Waals surface area contributed by atoms with Gasteiger partial charge in [0, 0.05) is 45.1 Å². The topological polar surface area (TPSA) is 58.4 Å². The van der Waals surface area contributed by atoms with Crippen molar-refractivity contribution in [3.05, 3.63) is 54.1 Å². The van der Waals surface area contributed by atoms with E-state index in [4.69, 9.17) is 0 Å². The van der Waals surface area contributed by atoms with Crippen LogP contribution in [0.4, 0.5) is 4.39 Å². The highest BCUT2D eigenvalue weighted by molar-refractivity contribution is 7.88. The molecule has 24 heavy (non-hydrogen) atoms. The molecule has 1 aliphatic heterocycles. The van der Waals surface area contributed by atoms with E-state index in [1.807, 2.05) is 16.9 Å². The SMILES string of the molecule is O=S(=O)(Cc1ccc(F)cc1)N1CCN(CCn2cccn2)CC1. The molecule has 0 saturated carbocycles. The highest BCUT2D eigenvalue weighted by Crippen LogP contribution is 2.14. The first-order valence-electron chi connectivity index (χ1n) is 7.95. The van der Waals surface area contributed by atoms with E-state index in [-0.39, 0.29) is 11.6 Å². The second kappa shape index (κ2) is 7.42. The van der Waals surface area contributed by atoms with Crippen LogP contribution in [-0.4, -0.2) is 60.1 Å². The van der Waals surface area contributed by atoms with Gasteiger partial charge in [-0.05, 0) is 23.8 Å². The molecular formula is C16H21FN4O2S. The molecule has 0 unspecified atom stereocenters. The van der Waals surface area contributed by atoms with Crippen molar-refractivity contribution in [3.63, 3.8) is 0 Å². The Morgan fingerprint density at radius 2 is 1.75 bits per heavy atom. The highest BCUT2D eigenvalue weighted by Gasteiger charge is 2.26. The number of benzene rings is 1. The average Bonchev–Trinajstić information content (AvgIpc) is 3.09. The second-order valence-electron chi connectivity index (χ2n) is 5.89. The molecule has 0 bridgehead atoms. The van der Waals surface area contributed by atoms with Crippen molar-refractivity contribution in [3.8, 4) is 0 Å². The van der Waals surface area contributed by atoms with Crippen molar-refractivity contribution >= 4 is 10.0 Å². The molecule has 0 radical (unpaired) electrons. The summed E-state index contributed by atoms with van der Waals surface area (Å²) >= 11 is 0. The van der Waals surface area contributed by atoms with E-state index in [9.17, 15) is 12.8 Å². The van der Waals surface area contributed by atoms with E-state index in [0.29, 0.717) is 31.7 Å².